The second kappa shape index (κ2) is 7.80. The minimum absolute atomic E-state index is 0.228. The number of carbonyl (C=O) groups excluding carboxylic acids is 2. The molecule has 0 aliphatic rings. The van der Waals surface area contributed by atoms with Crippen molar-refractivity contribution in [2.75, 3.05) is 5.32 Å². The van der Waals surface area contributed by atoms with Crippen molar-refractivity contribution in [3.63, 3.8) is 0 Å². The first-order chi connectivity index (χ1) is 14.0. The van der Waals surface area contributed by atoms with E-state index in [0.29, 0.717) is 22.4 Å². The number of thioether (sulfide) groups is 1. The summed E-state index contributed by atoms with van der Waals surface area (Å²) >= 11 is 1.17. The van der Waals surface area contributed by atoms with Crippen molar-refractivity contribution in [1.82, 2.24) is 15.2 Å². The summed E-state index contributed by atoms with van der Waals surface area (Å²) in [5.74, 6) is -0.359. The Morgan fingerprint density at radius 1 is 1.14 bits per heavy atom. The van der Waals surface area contributed by atoms with Crippen LogP contribution in [0, 0.1) is 0 Å². The molecule has 0 aliphatic heterocycles. The fourth-order valence-electron chi connectivity index (χ4n) is 2.78. The lowest BCUT2D eigenvalue weighted by molar-refractivity contribution is -0.115. The van der Waals surface area contributed by atoms with E-state index < -0.39 is 11.2 Å². The Balaban J connectivity index is 1.42. The molecular formula is C20H17N5O3S. The molecule has 0 aliphatic carbocycles. The smallest absolute Gasteiger partial charge is 0.277 e. The van der Waals surface area contributed by atoms with Crippen LogP contribution in [0.25, 0.3) is 22.4 Å². The van der Waals surface area contributed by atoms with E-state index in [-0.39, 0.29) is 5.91 Å². The van der Waals surface area contributed by atoms with Gasteiger partial charge in [-0.05, 0) is 37.3 Å². The van der Waals surface area contributed by atoms with Crippen LogP contribution < -0.4 is 11.1 Å². The maximum absolute atomic E-state index is 12.4. The highest BCUT2D eigenvalue weighted by Crippen LogP contribution is 2.30. The van der Waals surface area contributed by atoms with E-state index in [9.17, 15) is 9.59 Å². The Morgan fingerprint density at radius 3 is 2.66 bits per heavy atom. The van der Waals surface area contributed by atoms with E-state index in [1.807, 2.05) is 30.5 Å². The molecule has 0 spiro atoms. The zero-order chi connectivity index (χ0) is 20.4. The second-order valence-electron chi connectivity index (χ2n) is 6.31. The third kappa shape index (κ3) is 3.99. The van der Waals surface area contributed by atoms with Crippen LogP contribution in [0.5, 0.6) is 0 Å². The minimum atomic E-state index is -0.519. The average Bonchev–Trinajstić information content (AvgIpc) is 3.35. The highest BCUT2D eigenvalue weighted by atomic mass is 32.2. The number of aromatic amines is 1. The molecule has 2 amide bonds. The van der Waals surface area contributed by atoms with Crippen molar-refractivity contribution in [2.45, 2.75) is 17.4 Å². The number of amides is 2. The van der Waals surface area contributed by atoms with Gasteiger partial charge in [0, 0.05) is 28.4 Å². The monoisotopic (exact) mass is 407 g/mol. The van der Waals surface area contributed by atoms with Gasteiger partial charge in [0.2, 0.25) is 11.8 Å². The number of fused-ring (bicyclic) bond motifs is 1. The third-order valence-electron chi connectivity index (χ3n) is 4.31. The van der Waals surface area contributed by atoms with Crippen LogP contribution in [-0.4, -0.2) is 32.2 Å². The van der Waals surface area contributed by atoms with E-state index in [0.717, 1.165) is 16.5 Å². The number of H-pyrrole nitrogens is 1. The zero-order valence-corrected chi connectivity index (χ0v) is 16.2. The van der Waals surface area contributed by atoms with Gasteiger partial charge in [0.15, 0.2) is 0 Å². The van der Waals surface area contributed by atoms with Gasteiger partial charge in [0.25, 0.3) is 11.1 Å². The van der Waals surface area contributed by atoms with E-state index in [1.54, 1.807) is 31.2 Å². The molecule has 4 N–H and O–H groups in total. The van der Waals surface area contributed by atoms with Crippen molar-refractivity contribution >= 4 is 40.2 Å². The summed E-state index contributed by atoms with van der Waals surface area (Å²) in [6.45, 7) is 1.74. The van der Waals surface area contributed by atoms with Gasteiger partial charge in [0.05, 0.1) is 10.8 Å². The van der Waals surface area contributed by atoms with Gasteiger partial charge in [-0.3, -0.25) is 9.59 Å². The quantitative estimate of drug-likeness (QED) is 0.420. The molecule has 0 saturated carbocycles. The first-order valence-electron chi connectivity index (χ1n) is 8.78. The highest BCUT2D eigenvalue weighted by molar-refractivity contribution is 8.00. The molecular weight excluding hydrogens is 390 g/mol. The fourth-order valence-corrected chi connectivity index (χ4v) is 3.46. The van der Waals surface area contributed by atoms with Gasteiger partial charge in [-0.1, -0.05) is 30.0 Å². The molecule has 4 rings (SSSR count). The van der Waals surface area contributed by atoms with Crippen molar-refractivity contribution in [1.29, 1.82) is 0 Å². The molecule has 8 nitrogen and oxygen atoms in total. The van der Waals surface area contributed by atoms with Gasteiger partial charge in [-0.2, -0.15) is 0 Å². The van der Waals surface area contributed by atoms with Crippen LogP contribution in [-0.2, 0) is 4.79 Å². The first kappa shape index (κ1) is 18.8. The number of para-hydroxylation sites is 1. The number of hydrogen-bond acceptors (Lipinski definition) is 6. The van der Waals surface area contributed by atoms with Crippen LogP contribution in [0.1, 0.15) is 17.3 Å². The predicted molar refractivity (Wildman–Crippen MR) is 110 cm³/mol. The van der Waals surface area contributed by atoms with Crippen LogP contribution in [0.15, 0.2) is 64.4 Å². The Bertz CT molecular complexity index is 1180. The Morgan fingerprint density at radius 2 is 1.90 bits per heavy atom. The van der Waals surface area contributed by atoms with Crippen molar-refractivity contribution < 1.29 is 14.0 Å². The van der Waals surface area contributed by atoms with Crippen molar-refractivity contribution in [3.8, 4) is 11.5 Å². The maximum Gasteiger partial charge on any atom is 0.277 e. The first-order valence-corrected chi connectivity index (χ1v) is 9.66. The average molecular weight is 407 g/mol. The molecule has 2 aromatic heterocycles. The third-order valence-corrected chi connectivity index (χ3v) is 5.24. The van der Waals surface area contributed by atoms with Crippen molar-refractivity contribution in [3.05, 3.63) is 60.3 Å². The number of nitrogens with zero attached hydrogens (tertiary/aromatic N) is 2. The molecule has 2 heterocycles. The van der Waals surface area contributed by atoms with Gasteiger partial charge >= 0.3 is 0 Å². The molecule has 29 heavy (non-hydrogen) atoms. The minimum Gasteiger partial charge on any atom is -0.411 e. The molecule has 4 aromatic rings. The molecule has 2 aromatic carbocycles. The molecule has 0 saturated heterocycles. The molecule has 1 unspecified atom stereocenters. The van der Waals surface area contributed by atoms with E-state index in [2.05, 4.69) is 20.5 Å². The Hall–Kier alpha value is -3.59. The zero-order valence-electron chi connectivity index (χ0n) is 15.4. The predicted octanol–water partition coefficient (Wildman–Crippen LogP) is 3.44. The van der Waals surface area contributed by atoms with Gasteiger partial charge in [-0.15, -0.1) is 10.2 Å². The summed E-state index contributed by atoms with van der Waals surface area (Å²) in [4.78, 5) is 26.7. The van der Waals surface area contributed by atoms with Crippen LogP contribution in [0.2, 0.25) is 0 Å². The maximum atomic E-state index is 12.4. The van der Waals surface area contributed by atoms with Crippen LogP contribution in [0.3, 0.4) is 0 Å². The lowest BCUT2D eigenvalue weighted by atomic mass is 10.2. The molecule has 0 radical (unpaired) electrons. The lowest BCUT2D eigenvalue weighted by Crippen LogP contribution is -2.22. The SMILES string of the molecule is CC(Sc1nnc(-c2c[nH]c3ccccc23)o1)C(=O)Nc1ccc(C(N)=O)cc1. The normalized spacial score (nSPS) is 12.0. The summed E-state index contributed by atoms with van der Waals surface area (Å²) in [7, 11) is 0. The highest BCUT2D eigenvalue weighted by Gasteiger charge is 2.20. The number of rotatable bonds is 6. The molecule has 0 fully saturated rings. The van der Waals surface area contributed by atoms with Gasteiger partial charge in [-0.25, -0.2) is 0 Å². The van der Waals surface area contributed by atoms with Gasteiger partial charge < -0.3 is 20.5 Å². The topological polar surface area (TPSA) is 127 Å². The number of anilines is 1. The van der Waals surface area contributed by atoms with Crippen LogP contribution >= 0.6 is 11.8 Å². The standard InChI is InChI=1S/C20H17N5O3S/c1-11(18(27)23-13-8-6-12(7-9-13)17(21)26)29-20-25-24-19(28-20)15-10-22-16-5-3-2-4-14(15)16/h2-11,22H,1H3,(H2,21,26)(H,23,27). The lowest BCUT2D eigenvalue weighted by Gasteiger charge is -2.10. The largest absolute Gasteiger partial charge is 0.411 e. The summed E-state index contributed by atoms with van der Waals surface area (Å²) < 4.78 is 5.74. The molecule has 0 bridgehead atoms. The fraction of sp³-hybridized carbons (Fsp3) is 0.100. The number of nitrogens with two attached hydrogens (primary N) is 1. The second-order valence-corrected chi connectivity index (χ2v) is 7.60. The summed E-state index contributed by atoms with van der Waals surface area (Å²) in [6, 6.07) is 14.2. The number of benzene rings is 2. The summed E-state index contributed by atoms with van der Waals surface area (Å²) in [6.07, 6.45) is 1.82. The summed E-state index contributed by atoms with van der Waals surface area (Å²) in [5, 5.41) is 11.7. The van der Waals surface area contributed by atoms with E-state index in [4.69, 9.17) is 10.2 Å². The Labute approximate surface area is 169 Å². The van der Waals surface area contributed by atoms with Crippen LogP contribution in [0.4, 0.5) is 5.69 Å². The number of primary amides is 1. The molecule has 146 valence electrons. The number of carbonyl (C=O) groups is 2. The number of nitrogens with one attached hydrogen (secondary N) is 2. The molecule has 9 heteroatoms. The van der Waals surface area contributed by atoms with Crippen molar-refractivity contribution in [2.24, 2.45) is 5.73 Å². The van der Waals surface area contributed by atoms with E-state index in [1.165, 1.54) is 11.8 Å². The number of hydrogen-bond donors (Lipinski definition) is 3. The summed E-state index contributed by atoms with van der Waals surface area (Å²) in [5.41, 5.74) is 7.94. The van der Waals surface area contributed by atoms with E-state index >= 15 is 0 Å². The Kier molecular flexibility index (Phi) is 5.05. The molecule has 1 atom stereocenters. The van der Waals surface area contributed by atoms with Gasteiger partial charge in [0.1, 0.15) is 0 Å². The number of aromatic nitrogens is 3.